The van der Waals surface area contributed by atoms with Gasteiger partial charge in [-0.2, -0.15) is 0 Å². The van der Waals surface area contributed by atoms with Crippen molar-refractivity contribution in [1.82, 2.24) is 24.8 Å². The highest BCUT2D eigenvalue weighted by Crippen LogP contribution is 2.11. The lowest BCUT2D eigenvalue weighted by Crippen LogP contribution is -2.18. The predicted molar refractivity (Wildman–Crippen MR) is 67.8 cm³/mol. The number of hydrogen-bond donors (Lipinski definition) is 1. The number of imidazole rings is 1. The second-order valence-corrected chi connectivity index (χ2v) is 3.97. The first kappa shape index (κ1) is 12.7. The van der Waals surface area contributed by atoms with Crippen LogP contribution in [0.3, 0.4) is 0 Å². The smallest absolute Gasteiger partial charge is 0.177 e. The standard InChI is InChI=1S/C12H17N5O/c1-17-9-14-8-11(17)12-15-6-10(7-16-12)5-13-3-4-18-2/h6-9,13H,3-5H2,1-2H3. The van der Waals surface area contributed by atoms with Crippen molar-refractivity contribution < 1.29 is 4.74 Å². The molecule has 0 saturated carbocycles. The first-order valence-electron chi connectivity index (χ1n) is 5.78. The van der Waals surface area contributed by atoms with Crippen molar-refractivity contribution >= 4 is 0 Å². The zero-order chi connectivity index (χ0) is 12.8. The number of rotatable bonds is 6. The fourth-order valence-electron chi connectivity index (χ4n) is 1.56. The van der Waals surface area contributed by atoms with E-state index in [4.69, 9.17) is 4.74 Å². The highest BCUT2D eigenvalue weighted by molar-refractivity contribution is 5.47. The highest BCUT2D eigenvalue weighted by atomic mass is 16.5. The molecule has 0 fully saturated rings. The molecule has 0 aliphatic carbocycles. The Morgan fingerprint density at radius 3 is 2.67 bits per heavy atom. The third-order valence-corrected chi connectivity index (χ3v) is 2.56. The predicted octanol–water partition coefficient (Wildman–Crippen LogP) is 0.613. The van der Waals surface area contributed by atoms with E-state index in [0.717, 1.165) is 24.3 Å². The van der Waals surface area contributed by atoms with E-state index >= 15 is 0 Å². The Kier molecular flexibility index (Phi) is 4.38. The molecule has 96 valence electrons. The molecule has 6 nitrogen and oxygen atoms in total. The third-order valence-electron chi connectivity index (χ3n) is 2.56. The monoisotopic (exact) mass is 247 g/mol. The summed E-state index contributed by atoms with van der Waals surface area (Å²) in [6.07, 6.45) is 7.15. The minimum atomic E-state index is 0.690. The summed E-state index contributed by atoms with van der Waals surface area (Å²) in [5.41, 5.74) is 1.96. The molecular formula is C12H17N5O. The van der Waals surface area contributed by atoms with Crippen molar-refractivity contribution in [3.05, 3.63) is 30.5 Å². The maximum absolute atomic E-state index is 4.96. The molecule has 0 amide bonds. The Balaban J connectivity index is 1.96. The number of nitrogens with zero attached hydrogens (tertiary/aromatic N) is 4. The number of ether oxygens (including phenoxy) is 1. The molecule has 0 radical (unpaired) electrons. The summed E-state index contributed by atoms with van der Waals surface area (Å²) in [5.74, 6) is 0.690. The Bertz CT molecular complexity index is 479. The van der Waals surface area contributed by atoms with Crippen LogP contribution in [0.4, 0.5) is 0 Å². The van der Waals surface area contributed by atoms with E-state index < -0.39 is 0 Å². The maximum Gasteiger partial charge on any atom is 0.177 e. The van der Waals surface area contributed by atoms with E-state index in [1.54, 1.807) is 19.6 Å². The second-order valence-electron chi connectivity index (χ2n) is 3.97. The molecule has 0 spiro atoms. The molecule has 0 aliphatic rings. The van der Waals surface area contributed by atoms with Gasteiger partial charge in [0.25, 0.3) is 0 Å². The molecule has 2 rings (SSSR count). The molecule has 6 heteroatoms. The van der Waals surface area contributed by atoms with Crippen LogP contribution in [0.15, 0.2) is 24.9 Å². The quantitative estimate of drug-likeness (QED) is 0.758. The molecule has 0 unspecified atom stereocenters. The van der Waals surface area contributed by atoms with E-state index in [1.807, 2.05) is 24.0 Å². The van der Waals surface area contributed by atoms with Gasteiger partial charge >= 0.3 is 0 Å². The van der Waals surface area contributed by atoms with Crippen molar-refractivity contribution in [2.24, 2.45) is 7.05 Å². The Morgan fingerprint density at radius 2 is 2.06 bits per heavy atom. The molecule has 0 atom stereocenters. The maximum atomic E-state index is 4.96. The van der Waals surface area contributed by atoms with E-state index in [2.05, 4.69) is 20.3 Å². The van der Waals surface area contributed by atoms with Crippen LogP contribution in [0, 0.1) is 0 Å². The van der Waals surface area contributed by atoms with E-state index in [9.17, 15) is 0 Å². The summed E-state index contributed by atoms with van der Waals surface area (Å²) < 4.78 is 6.85. The number of hydrogen-bond acceptors (Lipinski definition) is 5. The minimum absolute atomic E-state index is 0.690. The summed E-state index contributed by atoms with van der Waals surface area (Å²) >= 11 is 0. The van der Waals surface area contributed by atoms with Gasteiger partial charge in [0.15, 0.2) is 5.82 Å². The van der Waals surface area contributed by atoms with Gasteiger partial charge in [-0.1, -0.05) is 0 Å². The molecular weight excluding hydrogens is 230 g/mol. The van der Waals surface area contributed by atoms with Crippen LogP contribution in [0.25, 0.3) is 11.5 Å². The highest BCUT2D eigenvalue weighted by Gasteiger charge is 2.05. The number of aromatic nitrogens is 4. The topological polar surface area (TPSA) is 64.9 Å². The fourth-order valence-corrected chi connectivity index (χ4v) is 1.56. The molecule has 2 heterocycles. The Hall–Kier alpha value is -1.79. The third kappa shape index (κ3) is 3.12. The van der Waals surface area contributed by atoms with Gasteiger partial charge in [0.2, 0.25) is 0 Å². The molecule has 0 bridgehead atoms. The van der Waals surface area contributed by atoms with Crippen molar-refractivity contribution in [3.63, 3.8) is 0 Å². The zero-order valence-corrected chi connectivity index (χ0v) is 10.6. The molecule has 0 aliphatic heterocycles. The Morgan fingerprint density at radius 1 is 1.28 bits per heavy atom. The summed E-state index contributed by atoms with van der Waals surface area (Å²) in [6, 6.07) is 0. The zero-order valence-electron chi connectivity index (χ0n) is 10.6. The van der Waals surface area contributed by atoms with E-state index in [-0.39, 0.29) is 0 Å². The SMILES string of the molecule is COCCNCc1cnc(-c2cncn2C)nc1. The van der Waals surface area contributed by atoms with Gasteiger partial charge in [-0.05, 0) is 0 Å². The normalized spacial score (nSPS) is 10.8. The lowest BCUT2D eigenvalue weighted by molar-refractivity contribution is 0.199. The average molecular weight is 247 g/mol. The van der Waals surface area contributed by atoms with Gasteiger partial charge in [0, 0.05) is 45.2 Å². The van der Waals surface area contributed by atoms with Gasteiger partial charge < -0.3 is 14.6 Å². The van der Waals surface area contributed by atoms with Crippen LogP contribution >= 0.6 is 0 Å². The molecule has 18 heavy (non-hydrogen) atoms. The Labute approximate surface area is 106 Å². The van der Waals surface area contributed by atoms with Crippen molar-refractivity contribution in [2.45, 2.75) is 6.54 Å². The molecule has 2 aromatic heterocycles. The van der Waals surface area contributed by atoms with Crippen molar-refractivity contribution in [1.29, 1.82) is 0 Å². The number of nitrogens with one attached hydrogen (secondary N) is 1. The largest absolute Gasteiger partial charge is 0.383 e. The van der Waals surface area contributed by atoms with Crippen LogP contribution in [0.5, 0.6) is 0 Å². The van der Waals surface area contributed by atoms with Gasteiger partial charge in [-0.25, -0.2) is 15.0 Å². The average Bonchev–Trinajstić information content (AvgIpc) is 2.82. The van der Waals surface area contributed by atoms with Gasteiger partial charge in [-0.3, -0.25) is 0 Å². The van der Waals surface area contributed by atoms with Crippen molar-refractivity contribution in [3.8, 4) is 11.5 Å². The number of aryl methyl sites for hydroxylation is 1. The first-order valence-corrected chi connectivity index (χ1v) is 5.78. The lowest BCUT2D eigenvalue weighted by atomic mass is 10.3. The molecule has 0 saturated heterocycles. The lowest BCUT2D eigenvalue weighted by Gasteiger charge is -2.05. The molecule has 2 aromatic rings. The van der Waals surface area contributed by atoms with Crippen LogP contribution in [-0.2, 0) is 18.3 Å². The first-order chi connectivity index (χ1) is 8.81. The summed E-state index contributed by atoms with van der Waals surface area (Å²) in [6.45, 7) is 2.27. The van der Waals surface area contributed by atoms with Crippen LogP contribution in [-0.4, -0.2) is 39.8 Å². The minimum Gasteiger partial charge on any atom is -0.383 e. The summed E-state index contributed by atoms with van der Waals surface area (Å²) in [7, 11) is 3.61. The van der Waals surface area contributed by atoms with Crippen LogP contribution < -0.4 is 5.32 Å². The second kappa shape index (κ2) is 6.23. The van der Waals surface area contributed by atoms with Gasteiger partial charge in [0.1, 0.15) is 5.69 Å². The summed E-state index contributed by atoms with van der Waals surface area (Å²) in [4.78, 5) is 12.7. The summed E-state index contributed by atoms with van der Waals surface area (Å²) in [5, 5.41) is 3.25. The molecule has 1 N–H and O–H groups in total. The number of methoxy groups -OCH3 is 1. The van der Waals surface area contributed by atoms with Gasteiger partial charge in [-0.15, -0.1) is 0 Å². The van der Waals surface area contributed by atoms with Crippen LogP contribution in [0.1, 0.15) is 5.56 Å². The van der Waals surface area contributed by atoms with Crippen LogP contribution in [0.2, 0.25) is 0 Å². The molecule has 0 aromatic carbocycles. The van der Waals surface area contributed by atoms with Crippen molar-refractivity contribution in [2.75, 3.05) is 20.3 Å². The fraction of sp³-hybridized carbons (Fsp3) is 0.417. The van der Waals surface area contributed by atoms with E-state index in [1.165, 1.54) is 0 Å². The van der Waals surface area contributed by atoms with E-state index in [0.29, 0.717) is 12.4 Å². The van der Waals surface area contributed by atoms with Gasteiger partial charge in [0.05, 0.1) is 19.1 Å².